The van der Waals surface area contributed by atoms with E-state index in [4.69, 9.17) is 4.74 Å². The summed E-state index contributed by atoms with van der Waals surface area (Å²) in [6.07, 6.45) is 4.92. The molecule has 146 valence electrons. The number of carbonyl (C=O) groups is 1. The number of likely N-dealkylation sites (N-methyl/N-ethyl adjacent to an activating group) is 1. The molecular formula is C20H34N4O2. The van der Waals surface area contributed by atoms with Crippen LogP contribution in [0.15, 0.2) is 29.3 Å². The van der Waals surface area contributed by atoms with E-state index in [1.807, 2.05) is 24.3 Å². The van der Waals surface area contributed by atoms with Crippen LogP contribution < -0.4 is 15.4 Å². The van der Waals surface area contributed by atoms with Crippen LogP contribution in [-0.4, -0.2) is 50.6 Å². The zero-order valence-corrected chi connectivity index (χ0v) is 16.7. The lowest BCUT2D eigenvalue weighted by atomic mass is 10.2. The van der Waals surface area contributed by atoms with Gasteiger partial charge in [-0.05, 0) is 31.0 Å². The summed E-state index contributed by atoms with van der Waals surface area (Å²) in [5, 5.41) is 6.64. The first kappa shape index (κ1) is 21.8. The number of benzene rings is 1. The van der Waals surface area contributed by atoms with Gasteiger partial charge >= 0.3 is 0 Å². The Morgan fingerprint density at radius 2 is 1.96 bits per heavy atom. The Kier molecular flexibility index (Phi) is 10.9. The Bertz CT molecular complexity index is 558. The normalized spacial score (nSPS) is 11.2. The molecule has 0 saturated heterocycles. The van der Waals surface area contributed by atoms with Crippen LogP contribution in [-0.2, 0) is 11.3 Å². The summed E-state index contributed by atoms with van der Waals surface area (Å²) in [7, 11) is 3.43. The summed E-state index contributed by atoms with van der Waals surface area (Å²) in [5.74, 6) is 1.46. The van der Waals surface area contributed by atoms with Crippen molar-refractivity contribution in [2.45, 2.75) is 46.1 Å². The minimum absolute atomic E-state index is 0.0433. The van der Waals surface area contributed by atoms with Crippen LogP contribution >= 0.6 is 0 Å². The number of nitrogens with zero attached hydrogens (tertiary/aromatic N) is 2. The number of guanidine groups is 1. The van der Waals surface area contributed by atoms with Crippen LogP contribution in [0.1, 0.15) is 45.1 Å². The summed E-state index contributed by atoms with van der Waals surface area (Å²) < 4.78 is 5.56. The average Bonchev–Trinajstić information content (AvgIpc) is 2.64. The first-order chi connectivity index (χ1) is 12.6. The summed E-state index contributed by atoms with van der Waals surface area (Å²) in [6, 6.07) is 7.71. The Labute approximate surface area is 158 Å². The Morgan fingerprint density at radius 3 is 2.65 bits per heavy atom. The van der Waals surface area contributed by atoms with Gasteiger partial charge in [-0.15, -0.1) is 0 Å². The first-order valence-electron chi connectivity index (χ1n) is 9.50. The highest BCUT2D eigenvalue weighted by Crippen LogP contribution is 2.14. The average molecular weight is 363 g/mol. The third-order valence-corrected chi connectivity index (χ3v) is 3.85. The highest BCUT2D eigenvalue weighted by atomic mass is 16.5. The van der Waals surface area contributed by atoms with Gasteiger partial charge in [0.25, 0.3) is 5.91 Å². The number of carbonyl (C=O) groups excluding carboxylic acids is 1. The van der Waals surface area contributed by atoms with Crippen LogP contribution in [0.2, 0.25) is 0 Å². The number of unbranched alkanes of at least 4 members (excludes halogenated alkanes) is 3. The molecular weight excluding hydrogens is 328 g/mol. The number of nitrogens with one attached hydrogen (secondary N) is 2. The summed E-state index contributed by atoms with van der Waals surface area (Å²) in [5.41, 5.74) is 1.04. The smallest absolute Gasteiger partial charge is 0.259 e. The zero-order chi connectivity index (χ0) is 19.2. The van der Waals surface area contributed by atoms with Crippen LogP contribution in [0.25, 0.3) is 0 Å². The zero-order valence-electron chi connectivity index (χ0n) is 16.7. The van der Waals surface area contributed by atoms with E-state index in [0.29, 0.717) is 12.3 Å². The largest absolute Gasteiger partial charge is 0.484 e. The van der Waals surface area contributed by atoms with Crippen molar-refractivity contribution >= 4 is 11.9 Å². The van der Waals surface area contributed by atoms with Crippen LogP contribution in [0.4, 0.5) is 0 Å². The number of hydrogen-bond donors (Lipinski definition) is 2. The van der Waals surface area contributed by atoms with Crippen molar-refractivity contribution in [2.24, 2.45) is 4.99 Å². The third kappa shape index (κ3) is 9.30. The van der Waals surface area contributed by atoms with E-state index in [1.54, 1.807) is 14.1 Å². The topological polar surface area (TPSA) is 66.0 Å². The fraction of sp³-hybridized carbons (Fsp3) is 0.600. The van der Waals surface area contributed by atoms with Crippen molar-refractivity contribution in [1.29, 1.82) is 0 Å². The van der Waals surface area contributed by atoms with Crippen molar-refractivity contribution < 1.29 is 9.53 Å². The van der Waals surface area contributed by atoms with Gasteiger partial charge in [0.2, 0.25) is 0 Å². The molecule has 2 N–H and O–H groups in total. The van der Waals surface area contributed by atoms with E-state index in [0.717, 1.165) is 31.0 Å². The lowest BCUT2D eigenvalue weighted by Crippen LogP contribution is -2.37. The second kappa shape index (κ2) is 13.0. The molecule has 0 atom stereocenters. The van der Waals surface area contributed by atoms with Crippen molar-refractivity contribution in [3.05, 3.63) is 29.8 Å². The molecule has 0 aliphatic rings. The van der Waals surface area contributed by atoms with Crippen molar-refractivity contribution in [2.75, 3.05) is 33.8 Å². The van der Waals surface area contributed by atoms with Gasteiger partial charge in [0.05, 0.1) is 6.54 Å². The summed E-state index contributed by atoms with van der Waals surface area (Å²) >= 11 is 0. The van der Waals surface area contributed by atoms with Gasteiger partial charge in [-0.1, -0.05) is 38.3 Å². The monoisotopic (exact) mass is 362 g/mol. The number of hydrogen-bond acceptors (Lipinski definition) is 3. The van der Waals surface area contributed by atoms with Gasteiger partial charge in [-0.2, -0.15) is 0 Å². The number of aliphatic imine (C=N–C) groups is 1. The van der Waals surface area contributed by atoms with Crippen molar-refractivity contribution in [3.8, 4) is 5.75 Å². The van der Waals surface area contributed by atoms with Gasteiger partial charge in [0.15, 0.2) is 12.6 Å². The van der Waals surface area contributed by atoms with E-state index in [2.05, 4.69) is 29.5 Å². The quantitative estimate of drug-likeness (QED) is 0.361. The van der Waals surface area contributed by atoms with E-state index in [9.17, 15) is 4.79 Å². The maximum absolute atomic E-state index is 11.6. The van der Waals surface area contributed by atoms with Crippen LogP contribution in [0.5, 0.6) is 5.75 Å². The maximum Gasteiger partial charge on any atom is 0.259 e. The third-order valence-electron chi connectivity index (χ3n) is 3.85. The van der Waals surface area contributed by atoms with Gasteiger partial charge in [0, 0.05) is 27.2 Å². The van der Waals surface area contributed by atoms with Crippen LogP contribution in [0.3, 0.4) is 0 Å². The molecule has 1 aromatic carbocycles. The molecule has 0 spiro atoms. The van der Waals surface area contributed by atoms with Crippen molar-refractivity contribution in [1.82, 2.24) is 15.5 Å². The first-order valence-corrected chi connectivity index (χ1v) is 9.50. The molecule has 0 heterocycles. The van der Waals surface area contributed by atoms with Gasteiger partial charge in [0.1, 0.15) is 5.75 Å². The van der Waals surface area contributed by atoms with Crippen molar-refractivity contribution in [3.63, 3.8) is 0 Å². The molecule has 6 nitrogen and oxygen atoms in total. The van der Waals surface area contributed by atoms with Gasteiger partial charge in [-0.3, -0.25) is 4.79 Å². The lowest BCUT2D eigenvalue weighted by Gasteiger charge is -2.12. The predicted octanol–water partition coefficient (Wildman–Crippen LogP) is 2.79. The highest BCUT2D eigenvalue weighted by Gasteiger charge is 2.05. The number of ether oxygens (including phenoxy) is 1. The second-order valence-corrected chi connectivity index (χ2v) is 6.41. The molecule has 0 aliphatic heterocycles. The molecule has 1 aromatic rings. The molecule has 0 saturated carbocycles. The summed E-state index contributed by atoms with van der Waals surface area (Å²) in [6.45, 7) is 6.64. The fourth-order valence-corrected chi connectivity index (χ4v) is 2.28. The highest BCUT2D eigenvalue weighted by molar-refractivity contribution is 5.79. The molecule has 0 aromatic heterocycles. The Hall–Kier alpha value is -2.24. The molecule has 0 unspecified atom stereocenters. The molecule has 0 fully saturated rings. The maximum atomic E-state index is 11.6. The van der Waals surface area contributed by atoms with Crippen LogP contribution in [0, 0.1) is 0 Å². The van der Waals surface area contributed by atoms with E-state index in [1.165, 1.54) is 24.2 Å². The molecule has 1 amide bonds. The Morgan fingerprint density at radius 1 is 1.15 bits per heavy atom. The molecule has 6 heteroatoms. The summed E-state index contributed by atoms with van der Waals surface area (Å²) in [4.78, 5) is 17.8. The number of amides is 1. The lowest BCUT2D eigenvalue weighted by molar-refractivity contribution is -0.130. The molecule has 26 heavy (non-hydrogen) atoms. The minimum atomic E-state index is -0.0601. The van der Waals surface area contributed by atoms with E-state index in [-0.39, 0.29) is 12.5 Å². The standard InChI is InChI=1S/C20H34N4O2/c1-5-7-8-9-13-22-20(21-6-2)23-15-17-11-10-12-18(14-17)26-16-19(25)24(3)4/h10-12,14H,5-9,13,15-16H2,1-4H3,(H2,21,22,23). The fourth-order valence-electron chi connectivity index (χ4n) is 2.28. The SMILES string of the molecule is CCCCCCNC(=NCc1cccc(OCC(=O)N(C)C)c1)NCC. The van der Waals surface area contributed by atoms with E-state index >= 15 is 0 Å². The molecule has 0 aliphatic carbocycles. The predicted molar refractivity (Wildman–Crippen MR) is 108 cm³/mol. The number of rotatable bonds is 11. The molecule has 0 bridgehead atoms. The van der Waals surface area contributed by atoms with E-state index < -0.39 is 0 Å². The molecule has 1 rings (SSSR count). The molecule has 0 radical (unpaired) electrons. The van der Waals surface area contributed by atoms with Gasteiger partial charge < -0.3 is 20.3 Å². The second-order valence-electron chi connectivity index (χ2n) is 6.41. The van der Waals surface area contributed by atoms with Gasteiger partial charge in [-0.25, -0.2) is 4.99 Å². The Balaban J connectivity index is 2.54. The minimum Gasteiger partial charge on any atom is -0.484 e.